The SMILES string of the molecule is CC(C)CCNc1nccc(Nc2cccc(C(=O)O)c2)n1. The van der Waals surface area contributed by atoms with Gasteiger partial charge in [-0.05, 0) is 36.6 Å². The number of benzene rings is 1. The molecule has 6 nitrogen and oxygen atoms in total. The van der Waals surface area contributed by atoms with Crippen molar-refractivity contribution in [1.82, 2.24) is 9.97 Å². The zero-order valence-electron chi connectivity index (χ0n) is 12.7. The first-order chi connectivity index (χ1) is 10.5. The van der Waals surface area contributed by atoms with Crippen molar-refractivity contribution in [2.45, 2.75) is 20.3 Å². The fraction of sp³-hybridized carbons (Fsp3) is 0.312. The molecule has 6 heteroatoms. The summed E-state index contributed by atoms with van der Waals surface area (Å²) in [6.07, 6.45) is 2.70. The molecule has 0 fully saturated rings. The quantitative estimate of drug-likeness (QED) is 0.726. The second kappa shape index (κ2) is 7.40. The van der Waals surface area contributed by atoms with Crippen LogP contribution < -0.4 is 10.6 Å². The normalized spacial score (nSPS) is 10.5. The van der Waals surface area contributed by atoms with E-state index in [9.17, 15) is 4.79 Å². The van der Waals surface area contributed by atoms with E-state index in [0.29, 0.717) is 23.4 Å². The summed E-state index contributed by atoms with van der Waals surface area (Å²) in [7, 11) is 0. The lowest BCUT2D eigenvalue weighted by molar-refractivity contribution is 0.0697. The van der Waals surface area contributed by atoms with Crippen LogP contribution in [0.2, 0.25) is 0 Å². The molecular formula is C16H20N4O2. The molecule has 0 unspecified atom stereocenters. The zero-order chi connectivity index (χ0) is 15.9. The minimum atomic E-state index is -0.956. The number of rotatable bonds is 7. The van der Waals surface area contributed by atoms with Crippen LogP contribution in [0.5, 0.6) is 0 Å². The van der Waals surface area contributed by atoms with Gasteiger partial charge in [0.25, 0.3) is 0 Å². The summed E-state index contributed by atoms with van der Waals surface area (Å²) in [4.78, 5) is 19.5. The Morgan fingerprint density at radius 2 is 2.14 bits per heavy atom. The van der Waals surface area contributed by atoms with Crippen LogP contribution in [0.4, 0.5) is 17.5 Å². The molecule has 0 radical (unpaired) electrons. The molecule has 22 heavy (non-hydrogen) atoms. The molecule has 2 rings (SSSR count). The highest BCUT2D eigenvalue weighted by Gasteiger charge is 2.04. The van der Waals surface area contributed by atoms with Gasteiger partial charge in [-0.3, -0.25) is 0 Å². The van der Waals surface area contributed by atoms with Crippen molar-refractivity contribution in [1.29, 1.82) is 0 Å². The van der Waals surface area contributed by atoms with Crippen molar-refractivity contribution < 1.29 is 9.90 Å². The second-order valence-electron chi connectivity index (χ2n) is 5.39. The van der Waals surface area contributed by atoms with Gasteiger partial charge in [0.2, 0.25) is 5.95 Å². The highest BCUT2D eigenvalue weighted by atomic mass is 16.4. The van der Waals surface area contributed by atoms with Gasteiger partial charge in [-0.1, -0.05) is 19.9 Å². The molecule has 116 valence electrons. The number of aromatic nitrogens is 2. The summed E-state index contributed by atoms with van der Waals surface area (Å²) in [6, 6.07) is 8.33. The molecule has 0 bridgehead atoms. The summed E-state index contributed by atoms with van der Waals surface area (Å²) in [5.74, 6) is 0.833. The van der Waals surface area contributed by atoms with Crippen LogP contribution in [0, 0.1) is 5.92 Å². The Kier molecular flexibility index (Phi) is 5.30. The van der Waals surface area contributed by atoms with Crippen molar-refractivity contribution in [2.75, 3.05) is 17.2 Å². The van der Waals surface area contributed by atoms with Crippen LogP contribution in [-0.2, 0) is 0 Å². The minimum Gasteiger partial charge on any atom is -0.478 e. The third-order valence-corrected chi connectivity index (χ3v) is 3.04. The van der Waals surface area contributed by atoms with Gasteiger partial charge in [0.05, 0.1) is 5.56 Å². The highest BCUT2D eigenvalue weighted by Crippen LogP contribution is 2.16. The molecule has 0 aliphatic heterocycles. The summed E-state index contributed by atoms with van der Waals surface area (Å²) in [5, 5.41) is 15.3. The van der Waals surface area contributed by atoms with E-state index in [1.165, 1.54) is 0 Å². The van der Waals surface area contributed by atoms with E-state index in [1.807, 2.05) is 0 Å². The van der Waals surface area contributed by atoms with Gasteiger partial charge in [-0.15, -0.1) is 0 Å². The van der Waals surface area contributed by atoms with Crippen LogP contribution in [0.15, 0.2) is 36.5 Å². The van der Waals surface area contributed by atoms with E-state index < -0.39 is 5.97 Å². The molecule has 0 amide bonds. The highest BCUT2D eigenvalue weighted by molar-refractivity contribution is 5.89. The number of nitrogens with one attached hydrogen (secondary N) is 2. The fourth-order valence-electron chi connectivity index (χ4n) is 1.86. The van der Waals surface area contributed by atoms with E-state index in [1.54, 1.807) is 36.5 Å². The Bertz CT molecular complexity index is 644. The van der Waals surface area contributed by atoms with Crippen LogP contribution >= 0.6 is 0 Å². The van der Waals surface area contributed by atoms with Crippen LogP contribution in [-0.4, -0.2) is 27.6 Å². The Hall–Kier alpha value is -2.63. The lowest BCUT2D eigenvalue weighted by Gasteiger charge is -2.09. The Morgan fingerprint density at radius 1 is 1.32 bits per heavy atom. The molecule has 0 atom stereocenters. The van der Waals surface area contributed by atoms with E-state index in [-0.39, 0.29) is 5.56 Å². The van der Waals surface area contributed by atoms with Gasteiger partial charge in [-0.2, -0.15) is 4.98 Å². The third kappa shape index (κ3) is 4.73. The predicted octanol–water partition coefficient (Wildman–Crippen LogP) is 3.38. The van der Waals surface area contributed by atoms with Crippen molar-refractivity contribution in [3.05, 3.63) is 42.1 Å². The van der Waals surface area contributed by atoms with E-state index >= 15 is 0 Å². The Morgan fingerprint density at radius 3 is 2.86 bits per heavy atom. The average molecular weight is 300 g/mol. The Labute approximate surface area is 129 Å². The number of nitrogens with zero attached hydrogens (tertiary/aromatic N) is 2. The van der Waals surface area contributed by atoms with Gasteiger partial charge < -0.3 is 15.7 Å². The fourth-order valence-corrected chi connectivity index (χ4v) is 1.86. The van der Waals surface area contributed by atoms with Gasteiger partial charge >= 0.3 is 5.97 Å². The maximum absolute atomic E-state index is 11.0. The Balaban J connectivity index is 2.03. The molecule has 1 aromatic carbocycles. The largest absolute Gasteiger partial charge is 0.478 e. The van der Waals surface area contributed by atoms with E-state index in [0.717, 1.165) is 13.0 Å². The molecule has 2 aromatic rings. The van der Waals surface area contributed by atoms with Gasteiger partial charge in [0.1, 0.15) is 5.82 Å². The molecule has 0 spiro atoms. The number of carboxylic acids is 1. The number of hydrogen-bond donors (Lipinski definition) is 3. The van der Waals surface area contributed by atoms with Crippen LogP contribution in [0.3, 0.4) is 0 Å². The maximum Gasteiger partial charge on any atom is 0.335 e. The molecule has 0 saturated heterocycles. The van der Waals surface area contributed by atoms with E-state index in [4.69, 9.17) is 5.11 Å². The van der Waals surface area contributed by atoms with E-state index in [2.05, 4.69) is 34.4 Å². The first-order valence-corrected chi connectivity index (χ1v) is 7.22. The van der Waals surface area contributed by atoms with Crippen LogP contribution in [0.25, 0.3) is 0 Å². The zero-order valence-corrected chi connectivity index (χ0v) is 12.7. The predicted molar refractivity (Wildman–Crippen MR) is 86.7 cm³/mol. The second-order valence-corrected chi connectivity index (χ2v) is 5.39. The molecule has 1 heterocycles. The van der Waals surface area contributed by atoms with Crippen LogP contribution in [0.1, 0.15) is 30.6 Å². The van der Waals surface area contributed by atoms with Gasteiger partial charge in [0, 0.05) is 18.4 Å². The monoisotopic (exact) mass is 300 g/mol. The summed E-state index contributed by atoms with van der Waals surface area (Å²) >= 11 is 0. The lowest BCUT2D eigenvalue weighted by Crippen LogP contribution is -2.08. The van der Waals surface area contributed by atoms with Crippen molar-refractivity contribution in [2.24, 2.45) is 5.92 Å². The smallest absolute Gasteiger partial charge is 0.335 e. The number of anilines is 3. The van der Waals surface area contributed by atoms with Crippen molar-refractivity contribution >= 4 is 23.4 Å². The molecular weight excluding hydrogens is 280 g/mol. The number of carboxylic acid groups (broad SMARTS) is 1. The average Bonchev–Trinajstić information content (AvgIpc) is 2.47. The third-order valence-electron chi connectivity index (χ3n) is 3.04. The molecule has 0 aliphatic carbocycles. The summed E-state index contributed by atoms with van der Waals surface area (Å²) in [5.41, 5.74) is 0.904. The standard InChI is InChI=1S/C16H20N4O2/c1-11(2)6-8-17-16-18-9-7-14(20-16)19-13-5-3-4-12(10-13)15(21)22/h3-5,7,9-11H,6,8H2,1-2H3,(H,21,22)(H2,17,18,19,20). The summed E-state index contributed by atoms with van der Waals surface area (Å²) < 4.78 is 0. The first kappa shape index (κ1) is 15.8. The molecule has 0 saturated carbocycles. The molecule has 0 aliphatic rings. The number of carbonyl (C=O) groups is 1. The lowest BCUT2D eigenvalue weighted by atomic mass is 10.1. The van der Waals surface area contributed by atoms with Gasteiger partial charge in [-0.25, -0.2) is 9.78 Å². The topological polar surface area (TPSA) is 87.1 Å². The van der Waals surface area contributed by atoms with Crippen molar-refractivity contribution in [3.63, 3.8) is 0 Å². The van der Waals surface area contributed by atoms with Gasteiger partial charge in [0.15, 0.2) is 0 Å². The maximum atomic E-state index is 11.0. The first-order valence-electron chi connectivity index (χ1n) is 7.22. The summed E-state index contributed by atoms with van der Waals surface area (Å²) in [6.45, 7) is 5.14. The number of hydrogen-bond acceptors (Lipinski definition) is 5. The number of aromatic carboxylic acids is 1. The minimum absolute atomic E-state index is 0.231. The molecule has 3 N–H and O–H groups in total. The van der Waals surface area contributed by atoms with Crippen molar-refractivity contribution in [3.8, 4) is 0 Å². The molecule has 1 aromatic heterocycles.